The summed E-state index contributed by atoms with van der Waals surface area (Å²) in [6.07, 6.45) is 2.89. The number of nitrogens with zero attached hydrogens (tertiary/aromatic N) is 3. The molecule has 0 spiro atoms. The molecule has 6 heteroatoms. The molecule has 0 radical (unpaired) electrons. The van der Waals surface area contributed by atoms with Crippen molar-refractivity contribution in [3.8, 4) is 0 Å². The maximum atomic E-state index is 12.5. The van der Waals surface area contributed by atoms with E-state index in [0.29, 0.717) is 19.0 Å². The van der Waals surface area contributed by atoms with Crippen molar-refractivity contribution in [1.82, 2.24) is 14.5 Å². The van der Waals surface area contributed by atoms with Crippen LogP contribution in [-0.2, 0) is 9.47 Å². The van der Waals surface area contributed by atoms with Crippen molar-refractivity contribution >= 4 is 17.1 Å². The van der Waals surface area contributed by atoms with Crippen molar-refractivity contribution in [3.05, 3.63) is 29.6 Å². The molecule has 2 unspecified atom stereocenters. The average molecular weight is 386 g/mol. The summed E-state index contributed by atoms with van der Waals surface area (Å²) in [5.41, 5.74) is 2.97. The van der Waals surface area contributed by atoms with Gasteiger partial charge < -0.3 is 18.9 Å². The minimum absolute atomic E-state index is 0.0857. The molecule has 1 saturated heterocycles. The molecule has 1 aliphatic carbocycles. The van der Waals surface area contributed by atoms with Crippen molar-refractivity contribution in [2.24, 2.45) is 0 Å². The summed E-state index contributed by atoms with van der Waals surface area (Å²) >= 11 is 0. The molecule has 1 aliphatic heterocycles. The Morgan fingerprint density at radius 2 is 1.96 bits per heavy atom. The standard InChI is InChI=1S/C22H31N3O3/c1-14-6-9-17-16(12-14)23-20(15-7-8-15)25(17)18-10-11-24(13-19(18)27-5)21(26)28-22(2,3)4/h6,9,12,15,18-19H,7-8,10-11,13H2,1-5H3. The molecule has 6 nitrogen and oxygen atoms in total. The Morgan fingerprint density at radius 3 is 2.61 bits per heavy atom. The summed E-state index contributed by atoms with van der Waals surface area (Å²) in [5.74, 6) is 1.73. The van der Waals surface area contributed by atoms with Crippen molar-refractivity contribution in [3.63, 3.8) is 0 Å². The lowest BCUT2D eigenvalue weighted by Crippen LogP contribution is -2.49. The summed E-state index contributed by atoms with van der Waals surface area (Å²) in [4.78, 5) is 19.3. The highest BCUT2D eigenvalue weighted by Gasteiger charge is 2.39. The van der Waals surface area contributed by atoms with Gasteiger partial charge in [0.05, 0.1) is 29.7 Å². The van der Waals surface area contributed by atoms with E-state index >= 15 is 0 Å². The fourth-order valence-electron chi connectivity index (χ4n) is 4.13. The monoisotopic (exact) mass is 385 g/mol. The van der Waals surface area contributed by atoms with Crippen LogP contribution < -0.4 is 0 Å². The number of hydrogen-bond acceptors (Lipinski definition) is 4. The first-order chi connectivity index (χ1) is 13.3. The van der Waals surface area contributed by atoms with Crippen molar-refractivity contribution in [2.45, 2.75) is 70.6 Å². The predicted molar refractivity (Wildman–Crippen MR) is 109 cm³/mol. The smallest absolute Gasteiger partial charge is 0.410 e. The lowest BCUT2D eigenvalue weighted by atomic mass is 10.0. The van der Waals surface area contributed by atoms with Gasteiger partial charge in [-0.25, -0.2) is 9.78 Å². The molecule has 1 aromatic carbocycles. The maximum Gasteiger partial charge on any atom is 0.410 e. The zero-order valence-corrected chi connectivity index (χ0v) is 17.6. The minimum Gasteiger partial charge on any atom is -0.444 e. The quantitative estimate of drug-likeness (QED) is 0.785. The number of imidazole rings is 1. The van der Waals surface area contributed by atoms with E-state index in [9.17, 15) is 4.79 Å². The molecule has 2 aromatic rings. The van der Waals surface area contributed by atoms with Crippen LogP contribution >= 0.6 is 0 Å². The lowest BCUT2D eigenvalue weighted by molar-refractivity contribution is -0.0249. The van der Waals surface area contributed by atoms with E-state index < -0.39 is 5.60 Å². The number of hydrogen-bond donors (Lipinski definition) is 0. The first-order valence-electron chi connectivity index (χ1n) is 10.3. The van der Waals surface area contributed by atoms with E-state index in [4.69, 9.17) is 14.5 Å². The van der Waals surface area contributed by atoms with Crippen LogP contribution in [0.3, 0.4) is 0 Å². The first-order valence-corrected chi connectivity index (χ1v) is 10.3. The number of aryl methyl sites for hydroxylation is 1. The van der Waals surface area contributed by atoms with E-state index in [-0.39, 0.29) is 18.2 Å². The Bertz CT molecular complexity index is 879. The zero-order chi connectivity index (χ0) is 20.1. The zero-order valence-electron chi connectivity index (χ0n) is 17.6. The van der Waals surface area contributed by atoms with E-state index in [1.54, 1.807) is 12.0 Å². The number of amides is 1. The second kappa shape index (κ2) is 7.07. The van der Waals surface area contributed by atoms with Crippen LogP contribution in [0.4, 0.5) is 4.79 Å². The molecule has 4 rings (SSSR count). The van der Waals surface area contributed by atoms with Gasteiger partial charge in [0.15, 0.2) is 0 Å². The Morgan fingerprint density at radius 1 is 1.21 bits per heavy atom. The van der Waals surface area contributed by atoms with Crippen LogP contribution in [0.25, 0.3) is 11.0 Å². The number of piperidine rings is 1. The van der Waals surface area contributed by atoms with E-state index in [1.165, 1.54) is 29.7 Å². The Hall–Kier alpha value is -2.08. The fourth-order valence-corrected chi connectivity index (χ4v) is 4.13. The van der Waals surface area contributed by atoms with Gasteiger partial charge in [0.1, 0.15) is 11.4 Å². The van der Waals surface area contributed by atoms with Gasteiger partial charge in [-0.3, -0.25) is 0 Å². The predicted octanol–water partition coefficient (Wildman–Crippen LogP) is 4.42. The molecule has 2 heterocycles. The number of carbonyl (C=O) groups excluding carboxylic acids is 1. The van der Waals surface area contributed by atoms with E-state index in [2.05, 4.69) is 29.7 Å². The number of fused-ring (bicyclic) bond motifs is 1. The lowest BCUT2D eigenvalue weighted by Gasteiger charge is -2.39. The van der Waals surface area contributed by atoms with Crippen molar-refractivity contribution in [2.75, 3.05) is 20.2 Å². The van der Waals surface area contributed by atoms with Crippen LogP contribution in [0.15, 0.2) is 18.2 Å². The van der Waals surface area contributed by atoms with E-state index in [1.807, 2.05) is 20.8 Å². The average Bonchev–Trinajstić information content (AvgIpc) is 3.40. The molecule has 1 saturated carbocycles. The van der Waals surface area contributed by atoms with Gasteiger partial charge in [-0.2, -0.15) is 0 Å². The highest BCUT2D eigenvalue weighted by Crippen LogP contribution is 2.43. The number of methoxy groups -OCH3 is 1. The topological polar surface area (TPSA) is 56.6 Å². The van der Waals surface area contributed by atoms with Crippen molar-refractivity contribution < 1.29 is 14.3 Å². The molecule has 2 fully saturated rings. The van der Waals surface area contributed by atoms with Crippen molar-refractivity contribution in [1.29, 1.82) is 0 Å². The number of likely N-dealkylation sites (tertiary alicyclic amines) is 1. The number of ether oxygens (including phenoxy) is 2. The summed E-state index contributed by atoms with van der Waals surface area (Å²) in [5, 5.41) is 0. The summed E-state index contributed by atoms with van der Waals surface area (Å²) in [6, 6.07) is 6.66. The van der Waals surface area contributed by atoms with Gasteiger partial charge in [0.2, 0.25) is 0 Å². The molecular formula is C22H31N3O3. The molecule has 1 amide bonds. The highest BCUT2D eigenvalue weighted by atomic mass is 16.6. The normalized spacial score (nSPS) is 23.2. The Labute approximate surface area is 166 Å². The summed E-state index contributed by atoms with van der Waals surface area (Å²) in [7, 11) is 1.73. The Kier molecular flexibility index (Phi) is 4.86. The van der Waals surface area contributed by atoms with Gasteiger partial charge in [0, 0.05) is 19.6 Å². The highest BCUT2D eigenvalue weighted by molar-refractivity contribution is 5.77. The number of benzene rings is 1. The largest absolute Gasteiger partial charge is 0.444 e. The molecule has 152 valence electrons. The van der Waals surface area contributed by atoms with Crippen LogP contribution in [-0.4, -0.2) is 52.4 Å². The van der Waals surface area contributed by atoms with Crippen LogP contribution in [0, 0.1) is 6.92 Å². The van der Waals surface area contributed by atoms with Gasteiger partial charge >= 0.3 is 6.09 Å². The van der Waals surface area contributed by atoms with Gasteiger partial charge in [-0.15, -0.1) is 0 Å². The maximum absolute atomic E-state index is 12.5. The SMILES string of the molecule is COC1CN(C(=O)OC(C)(C)C)CCC1n1c(C2CC2)nc2cc(C)ccc21. The fraction of sp³-hybridized carbons (Fsp3) is 0.636. The summed E-state index contributed by atoms with van der Waals surface area (Å²) < 4.78 is 13.8. The third kappa shape index (κ3) is 3.75. The molecule has 0 N–H and O–H groups in total. The molecule has 1 aromatic heterocycles. The molecule has 0 bridgehead atoms. The number of carbonyl (C=O) groups is 1. The van der Waals surface area contributed by atoms with Gasteiger partial charge in [-0.05, 0) is 64.7 Å². The molecule has 2 aliphatic rings. The van der Waals surface area contributed by atoms with Crippen LogP contribution in [0.5, 0.6) is 0 Å². The third-order valence-electron chi connectivity index (χ3n) is 5.63. The number of rotatable bonds is 3. The Balaban J connectivity index is 1.63. The molecular weight excluding hydrogens is 354 g/mol. The first kappa shape index (κ1) is 19.2. The van der Waals surface area contributed by atoms with Gasteiger partial charge in [0.25, 0.3) is 0 Å². The molecule has 2 atom stereocenters. The summed E-state index contributed by atoms with van der Waals surface area (Å²) in [6.45, 7) is 8.99. The number of aromatic nitrogens is 2. The van der Waals surface area contributed by atoms with Crippen LogP contribution in [0.1, 0.15) is 63.4 Å². The third-order valence-corrected chi connectivity index (χ3v) is 5.63. The molecule has 28 heavy (non-hydrogen) atoms. The second-order valence-electron chi connectivity index (χ2n) is 9.16. The minimum atomic E-state index is -0.492. The van der Waals surface area contributed by atoms with E-state index in [0.717, 1.165) is 11.9 Å². The van der Waals surface area contributed by atoms with Crippen LogP contribution in [0.2, 0.25) is 0 Å². The second-order valence-corrected chi connectivity index (χ2v) is 9.16. The van der Waals surface area contributed by atoms with Gasteiger partial charge in [-0.1, -0.05) is 6.07 Å².